The number of likely N-dealkylation sites (tertiary alicyclic amines) is 1. The van der Waals surface area contributed by atoms with Crippen molar-refractivity contribution >= 4 is 11.6 Å². The fraction of sp³-hybridized carbons (Fsp3) is 0.600. The maximum absolute atomic E-state index is 13.3. The predicted octanol–water partition coefficient (Wildman–Crippen LogP) is 2.98. The summed E-state index contributed by atoms with van der Waals surface area (Å²) in [6.07, 6.45) is 2.21. The first-order valence-electron chi connectivity index (χ1n) is 7.00. The molecule has 0 radical (unpaired) electrons. The van der Waals surface area contributed by atoms with Crippen LogP contribution in [-0.2, 0) is 4.74 Å². The van der Waals surface area contributed by atoms with E-state index in [-0.39, 0.29) is 29.0 Å². The maximum atomic E-state index is 13.3. The molecule has 2 rings (SSSR count). The molecular formula is C15H22ClFN2O. The lowest BCUT2D eigenvalue weighted by molar-refractivity contribution is -0.00164. The van der Waals surface area contributed by atoms with E-state index >= 15 is 0 Å². The molecule has 2 N–H and O–H groups in total. The van der Waals surface area contributed by atoms with Crippen molar-refractivity contribution in [1.82, 2.24) is 4.90 Å². The van der Waals surface area contributed by atoms with Gasteiger partial charge in [0.1, 0.15) is 5.82 Å². The topological polar surface area (TPSA) is 38.5 Å². The van der Waals surface area contributed by atoms with Gasteiger partial charge < -0.3 is 10.5 Å². The molecule has 1 aromatic carbocycles. The second-order valence-corrected chi connectivity index (χ2v) is 5.77. The number of benzene rings is 1. The highest BCUT2D eigenvalue weighted by Crippen LogP contribution is 2.30. The first-order valence-corrected chi connectivity index (χ1v) is 7.38. The van der Waals surface area contributed by atoms with Gasteiger partial charge in [0.25, 0.3) is 0 Å². The Morgan fingerprint density at radius 1 is 1.55 bits per heavy atom. The molecule has 0 aliphatic carbocycles. The zero-order chi connectivity index (χ0) is 14.7. The van der Waals surface area contributed by atoms with Gasteiger partial charge in [0.05, 0.1) is 11.1 Å². The molecule has 0 saturated carbocycles. The number of nitrogens with two attached hydrogens (primary N) is 1. The summed E-state index contributed by atoms with van der Waals surface area (Å²) < 4.78 is 18.7. The third-order valence-corrected chi connectivity index (χ3v) is 4.53. The number of halogens is 2. The van der Waals surface area contributed by atoms with Gasteiger partial charge in [-0.1, -0.05) is 17.7 Å². The second-order valence-electron chi connectivity index (χ2n) is 5.36. The van der Waals surface area contributed by atoms with Crippen molar-refractivity contribution in [2.75, 3.05) is 20.2 Å². The Labute approximate surface area is 124 Å². The molecule has 1 aromatic rings. The van der Waals surface area contributed by atoms with Crippen LogP contribution in [0.25, 0.3) is 0 Å². The standard InChI is InChI=1S/C15H22ClFN2O/c1-10(11-3-4-15(17)14(16)7-11)19-6-5-13(20-2)8-12(19)9-18/h3-4,7,10,12-13H,5-6,8-9,18H2,1-2H3. The summed E-state index contributed by atoms with van der Waals surface area (Å²) >= 11 is 5.87. The molecule has 1 aliphatic rings. The van der Waals surface area contributed by atoms with Crippen LogP contribution < -0.4 is 5.73 Å². The van der Waals surface area contributed by atoms with E-state index in [1.807, 2.05) is 0 Å². The predicted molar refractivity (Wildman–Crippen MR) is 79.4 cm³/mol. The monoisotopic (exact) mass is 300 g/mol. The van der Waals surface area contributed by atoms with Crippen LogP contribution in [0.15, 0.2) is 18.2 Å². The Kier molecular flexibility index (Phi) is 5.38. The highest BCUT2D eigenvalue weighted by atomic mass is 35.5. The molecule has 1 heterocycles. The number of ether oxygens (including phenoxy) is 1. The van der Waals surface area contributed by atoms with Gasteiger partial charge in [-0.2, -0.15) is 0 Å². The van der Waals surface area contributed by atoms with Crippen molar-refractivity contribution in [3.05, 3.63) is 34.6 Å². The summed E-state index contributed by atoms with van der Waals surface area (Å²) in [4.78, 5) is 2.36. The molecule has 0 spiro atoms. The van der Waals surface area contributed by atoms with E-state index in [1.54, 1.807) is 19.2 Å². The quantitative estimate of drug-likeness (QED) is 0.929. The highest BCUT2D eigenvalue weighted by molar-refractivity contribution is 6.30. The largest absolute Gasteiger partial charge is 0.381 e. The Bertz CT molecular complexity index is 457. The van der Waals surface area contributed by atoms with Crippen LogP contribution in [0.3, 0.4) is 0 Å². The fourth-order valence-corrected chi connectivity index (χ4v) is 3.14. The molecule has 112 valence electrons. The summed E-state index contributed by atoms with van der Waals surface area (Å²) in [7, 11) is 1.75. The van der Waals surface area contributed by atoms with Crippen molar-refractivity contribution in [1.29, 1.82) is 0 Å². The highest BCUT2D eigenvalue weighted by Gasteiger charge is 2.31. The molecule has 1 saturated heterocycles. The number of methoxy groups -OCH3 is 1. The van der Waals surface area contributed by atoms with E-state index in [0.29, 0.717) is 6.54 Å². The van der Waals surface area contributed by atoms with Gasteiger partial charge in [-0.3, -0.25) is 4.90 Å². The minimum Gasteiger partial charge on any atom is -0.381 e. The average Bonchev–Trinajstić information content (AvgIpc) is 2.48. The van der Waals surface area contributed by atoms with Crippen molar-refractivity contribution in [3.63, 3.8) is 0 Å². The Hall–Kier alpha value is -0.680. The molecule has 20 heavy (non-hydrogen) atoms. The van der Waals surface area contributed by atoms with Gasteiger partial charge in [-0.25, -0.2) is 4.39 Å². The summed E-state index contributed by atoms with van der Waals surface area (Å²) in [6.45, 7) is 3.63. The van der Waals surface area contributed by atoms with Gasteiger partial charge in [0.15, 0.2) is 0 Å². The Morgan fingerprint density at radius 2 is 2.30 bits per heavy atom. The third kappa shape index (κ3) is 3.31. The molecule has 3 atom stereocenters. The van der Waals surface area contributed by atoms with Gasteiger partial charge in [0, 0.05) is 32.3 Å². The zero-order valence-electron chi connectivity index (χ0n) is 12.0. The zero-order valence-corrected chi connectivity index (χ0v) is 12.7. The molecule has 5 heteroatoms. The lowest BCUT2D eigenvalue weighted by Crippen LogP contribution is -2.49. The van der Waals surface area contributed by atoms with Crippen molar-refractivity contribution in [3.8, 4) is 0 Å². The van der Waals surface area contributed by atoms with E-state index < -0.39 is 0 Å². The second kappa shape index (κ2) is 6.85. The van der Waals surface area contributed by atoms with Crippen molar-refractivity contribution in [2.45, 2.75) is 38.0 Å². The van der Waals surface area contributed by atoms with Crippen LogP contribution >= 0.6 is 11.6 Å². The van der Waals surface area contributed by atoms with Crippen LogP contribution in [0.4, 0.5) is 4.39 Å². The van der Waals surface area contributed by atoms with Gasteiger partial charge in [-0.05, 0) is 37.5 Å². The summed E-state index contributed by atoms with van der Waals surface area (Å²) in [5.74, 6) is -0.379. The van der Waals surface area contributed by atoms with Crippen LogP contribution in [0, 0.1) is 5.82 Å². The van der Waals surface area contributed by atoms with Gasteiger partial charge in [0.2, 0.25) is 0 Å². The van der Waals surface area contributed by atoms with Crippen molar-refractivity contribution in [2.24, 2.45) is 5.73 Å². The van der Waals surface area contributed by atoms with E-state index in [2.05, 4.69) is 11.8 Å². The summed E-state index contributed by atoms with van der Waals surface area (Å²) in [5.41, 5.74) is 6.92. The number of piperidine rings is 1. The molecule has 0 amide bonds. The number of rotatable bonds is 4. The summed E-state index contributed by atoms with van der Waals surface area (Å²) in [6, 6.07) is 5.37. The molecule has 3 unspecified atom stereocenters. The minimum atomic E-state index is -0.379. The molecule has 0 aromatic heterocycles. The number of nitrogens with zero attached hydrogens (tertiary/aromatic N) is 1. The SMILES string of the molecule is COC1CCN(C(C)c2ccc(F)c(Cl)c2)C(CN)C1. The molecule has 1 aliphatic heterocycles. The number of hydrogen-bond acceptors (Lipinski definition) is 3. The van der Waals surface area contributed by atoms with E-state index in [4.69, 9.17) is 22.1 Å². The van der Waals surface area contributed by atoms with Gasteiger partial charge in [-0.15, -0.1) is 0 Å². The van der Waals surface area contributed by atoms with Crippen LogP contribution in [0.5, 0.6) is 0 Å². The normalized spacial score (nSPS) is 25.6. The van der Waals surface area contributed by atoms with Gasteiger partial charge >= 0.3 is 0 Å². The van der Waals surface area contributed by atoms with E-state index in [0.717, 1.165) is 24.9 Å². The van der Waals surface area contributed by atoms with Crippen molar-refractivity contribution < 1.29 is 9.13 Å². The molecule has 1 fully saturated rings. The number of hydrogen-bond donors (Lipinski definition) is 1. The Morgan fingerprint density at radius 3 is 2.90 bits per heavy atom. The average molecular weight is 301 g/mol. The molecule has 0 bridgehead atoms. The summed E-state index contributed by atoms with van der Waals surface area (Å²) in [5, 5.41) is 0.172. The van der Waals surface area contributed by atoms with Crippen LogP contribution in [-0.4, -0.2) is 37.2 Å². The molecule has 3 nitrogen and oxygen atoms in total. The maximum Gasteiger partial charge on any atom is 0.141 e. The third-order valence-electron chi connectivity index (χ3n) is 4.24. The fourth-order valence-electron chi connectivity index (χ4n) is 2.95. The lowest BCUT2D eigenvalue weighted by atomic mass is 9.95. The van der Waals surface area contributed by atoms with E-state index in [9.17, 15) is 4.39 Å². The van der Waals surface area contributed by atoms with Crippen LogP contribution in [0.2, 0.25) is 5.02 Å². The minimum absolute atomic E-state index is 0.166. The molecular weight excluding hydrogens is 279 g/mol. The Balaban J connectivity index is 2.14. The first kappa shape index (κ1) is 15.7. The van der Waals surface area contributed by atoms with E-state index in [1.165, 1.54) is 6.07 Å². The first-order chi connectivity index (χ1) is 9.56. The van der Waals surface area contributed by atoms with Crippen LogP contribution in [0.1, 0.15) is 31.4 Å². The smallest absolute Gasteiger partial charge is 0.141 e. The lowest BCUT2D eigenvalue weighted by Gasteiger charge is -2.42.